The molecule has 1 aromatic heterocycles. The zero-order valence-electron chi connectivity index (χ0n) is 19.5. The van der Waals surface area contributed by atoms with Crippen LogP contribution in [0.2, 0.25) is 0 Å². The molecule has 0 amide bonds. The van der Waals surface area contributed by atoms with Crippen LogP contribution in [0.5, 0.6) is 5.75 Å². The Bertz CT molecular complexity index is 1160. The summed E-state index contributed by atoms with van der Waals surface area (Å²) in [6, 6.07) is 3.62. The molecule has 9 nitrogen and oxygen atoms in total. The molecule has 3 rings (SSSR count). The van der Waals surface area contributed by atoms with Crippen molar-refractivity contribution in [3.05, 3.63) is 94.7 Å². The zero-order chi connectivity index (χ0) is 24.5. The first kappa shape index (κ1) is 24.2. The lowest BCUT2D eigenvalue weighted by Gasteiger charge is -2.24. The van der Waals surface area contributed by atoms with Crippen LogP contribution in [0.3, 0.4) is 0 Å². The number of nitrogens with zero attached hydrogens (tertiary/aromatic N) is 3. The first-order valence-electron chi connectivity index (χ1n) is 10.8. The third kappa shape index (κ3) is 6.32. The summed E-state index contributed by atoms with van der Waals surface area (Å²) in [7, 11) is 1.69. The molecule has 0 saturated heterocycles. The highest BCUT2D eigenvalue weighted by Gasteiger charge is 2.18. The van der Waals surface area contributed by atoms with Gasteiger partial charge in [-0.05, 0) is 47.9 Å². The summed E-state index contributed by atoms with van der Waals surface area (Å²) in [6.45, 7) is 4.19. The van der Waals surface area contributed by atoms with Crippen LogP contribution in [-0.2, 0) is 0 Å². The van der Waals surface area contributed by atoms with Gasteiger partial charge in [0.1, 0.15) is 24.0 Å². The monoisotopic (exact) mass is 458 g/mol. The van der Waals surface area contributed by atoms with Crippen molar-refractivity contribution in [3.63, 3.8) is 0 Å². The molecular formula is C25H30N8O. The number of fused-ring (bicyclic) bond motifs is 1. The Balaban J connectivity index is 1.80. The molecule has 2 aliphatic heterocycles. The molecule has 3 heterocycles. The summed E-state index contributed by atoms with van der Waals surface area (Å²) >= 11 is 0. The highest BCUT2D eigenvalue weighted by atomic mass is 16.5. The van der Waals surface area contributed by atoms with Crippen LogP contribution in [0.15, 0.2) is 105 Å². The van der Waals surface area contributed by atoms with Crippen molar-refractivity contribution in [1.29, 1.82) is 5.41 Å². The number of aromatic nitrogens is 1. The number of nitrogens with two attached hydrogens (primary N) is 2. The van der Waals surface area contributed by atoms with Gasteiger partial charge in [-0.15, -0.1) is 0 Å². The summed E-state index contributed by atoms with van der Waals surface area (Å²) in [5.41, 5.74) is 17.0. The van der Waals surface area contributed by atoms with E-state index in [1.54, 1.807) is 37.8 Å². The van der Waals surface area contributed by atoms with Gasteiger partial charge < -0.3 is 32.2 Å². The topological polar surface area (TPSA) is 147 Å². The van der Waals surface area contributed by atoms with E-state index in [9.17, 15) is 0 Å². The summed E-state index contributed by atoms with van der Waals surface area (Å²) in [5, 5.41) is 14.1. The average Bonchev–Trinajstić information content (AvgIpc) is 2.84. The SMILES string of the molecule is CN=CC(C1=CNC2=CC=C(N=C(N)C=C(C=N)C(C)C)NC2=C1)=C(N)COc1cccnc1. The van der Waals surface area contributed by atoms with Gasteiger partial charge in [-0.1, -0.05) is 13.8 Å². The molecule has 0 atom stereocenters. The van der Waals surface area contributed by atoms with Crippen molar-refractivity contribution < 1.29 is 4.74 Å². The van der Waals surface area contributed by atoms with Gasteiger partial charge in [-0.3, -0.25) is 9.98 Å². The van der Waals surface area contributed by atoms with E-state index in [1.165, 1.54) is 6.21 Å². The van der Waals surface area contributed by atoms with Crippen molar-refractivity contribution in [1.82, 2.24) is 15.6 Å². The van der Waals surface area contributed by atoms with Gasteiger partial charge in [0.15, 0.2) is 0 Å². The lowest BCUT2D eigenvalue weighted by Crippen LogP contribution is -2.27. The van der Waals surface area contributed by atoms with E-state index in [4.69, 9.17) is 21.6 Å². The number of aliphatic imine (C=N–C) groups is 2. The standard InChI is InChI=1S/C25H30N8O/c1-16(2)17(11-26)10-24(28)33-25-7-6-22-23(32-25)9-18(12-31-22)20(14-29-3)21(27)15-34-19-5-4-8-30-13-19/h4-14,16,26,31-32H,15,27H2,1-3H3,(H2,28,33). The van der Waals surface area contributed by atoms with Gasteiger partial charge in [-0.2, -0.15) is 0 Å². The van der Waals surface area contributed by atoms with Gasteiger partial charge >= 0.3 is 0 Å². The minimum atomic E-state index is 0.182. The van der Waals surface area contributed by atoms with Crippen molar-refractivity contribution >= 4 is 18.3 Å². The number of ether oxygens (including phenoxy) is 1. The Labute approximate surface area is 199 Å². The molecule has 1 aromatic rings. The fraction of sp³-hybridized carbons (Fsp3) is 0.200. The molecule has 9 heteroatoms. The molecule has 0 saturated carbocycles. The maximum absolute atomic E-state index is 7.53. The molecule has 34 heavy (non-hydrogen) atoms. The van der Waals surface area contributed by atoms with Crippen LogP contribution >= 0.6 is 0 Å². The largest absolute Gasteiger partial charge is 0.486 e. The number of nitrogens with one attached hydrogen (secondary N) is 3. The summed E-state index contributed by atoms with van der Waals surface area (Å²) in [5.74, 6) is 1.72. The number of hydrogen-bond donors (Lipinski definition) is 5. The van der Waals surface area contributed by atoms with Crippen LogP contribution < -0.4 is 26.8 Å². The minimum Gasteiger partial charge on any atom is -0.486 e. The van der Waals surface area contributed by atoms with Crippen molar-refractivity contribution in [2.45, 2.75) is 13.8 Å². The molecule has 7 N–H and O–H groups in total. The minimum absolute atomic E-state index is 0.182. The van der Waals surface area contributed by atoms with E-state index in [0.717, 1.165) is 28.1 Å². The van der Waals surface area contributed by atoms with Gasteiger partial charge in [-0.25, -0.2) is 4.99 Å². The molecule has 0 bridgehead atoms. The second-order valence-electron chi connectivity index (χ2n) is 7.84. The quantitative estimate of drug-likeness (QED) is 0.284. The normalized spacial score (nSPS) is 16.9. The summed E-state index contributed by atoms with van der Waals surface area (Å²) in [6.07, 6.45) is 15.6. The molecule has 2 aliphatic rings. The Hall–Kier alpha value is -4.40. The molecular weight excluding hydrogens is 428 g/mol. The molecule has 0 aromatic carbocycles. The lowest BCUT2D eigenvalue weighted by atomic mass is 10.0. The Morgan fingerprint density at radius 1 is 1.26 bits per heavy atom. The van der Waals surface area contributed by atoms with Crippen LogP contribution in [0.25, 0.3) is 0 Å². The van der Waals surface area contributed by atoms with Gasteiger partial charge in [0.25, 0.3) is 0 Å². The molecule has 176 valence electrons. The zero-order valence-corrected chi connectivity index (χ0v) is 19.5. The van der Waals surface area contributed by atoms with E-state index < -0.39 is 0 Å². The number of dihydropyridines is 2. The van der Waals surface area contributed by atoms with E-state index in [2.05, 4.69) is 25.6 Å². The third-order valence-electron chi connectivity index (χ3n) is 4.99. The van der Waals surface area contributed by atoms with Crippen molar-refractivity contribution in [2.75, 3.05) is 13.7 Å². The molecule has 0 radical (unpaired) electrons. The number of rotatable bonds is 9. The van der Waals surface area contributed by atoms with E-state index in [1.807, 2.05) is 44.3 Å². The van der Waals surface area contributed by atoms with Crippen LogP contribution in [0.1, 0.15) is 13.8 Å². The number of pyridine rings is 1. The lowest BCUT2D eigenvalue weighted by molar-refractivity contribution is 0.348. The highest BCUT2D eigenvalue weighted by molar-refractivity contribution is 5.97. The van der Waals surface area contributed by atoms with Crippen molar-refractivity contribution in [2.24, 2.45) is 27.4 Å². The van der Waals surface area contributed by atoms with Crippen molar-refractivity contribution in [3.8, 4) is 5.75 Å². The highest BCUT2D eigenvalue weighted by Crippen LogP contribution is 2.24. The molecule has 0 fully saturated rings. The predicted molar refractivity (Wildman–Crippen MR) is 137 cm³/mol. The second kappa shape index (κ2) is 11.5. The smallest absolute Gasteiger partial charge is 0.138 e. The molecule has 0 aliphatic carbocycles. The van der Waals surface area contributed by atoms with Gasteiger partial charge in [0.05, 0.1) is 23.3 Å². The maximum Gasteiger partial charge on any atom is 0.138 e. The third-order valence-corrected chi connectivity index (χ3v) is 4.99. The average molecular weight is 459 g/mol. The maximum atomic E-state index is 7.53. The van der Waals surface area contributed by atoms with E-state index >= 15 is 0 Å². The summed E-state index contributed by atoms with van der Waals surface area (Å²) < 4.78 is 5.75. The van der Waals surface area contributed by atoms with E-state index in [0.29, 0.717) is 23.1 Å². The second-order valence-corrected chi connectivity index (χ2v) is 7.84. The fourth-order valence-corrected chi connectivity index (χ4v) is 3.17. The Morgan fingerprint density at radius 2 is 2.09 bits per heavy atom. The van der Waals surface area contributed by atoms with Crippen LogP contribution in [0.4, 0.5) is 0 Å². The number of allylic oxidation sites excluding steroid dienone is 6. The molecule has 0 unspecified atom stereocenters. The van der Waals surface area contributed by atoms with E-state index in [-0.39, 0.29) is 12.5 Å². The predicted octanol–water partition coefficient (Wildman–Crippen LogP) is 2.66. The fourth-order valence-electron chi connectivity index (χ4n) is 3.17. The van der Waals surface area contributed by atoms with Gasteiger partial charge in [0.2, 0.25) is 0 Å². The first-order valence-corrected chi connectivity index (χ1v) is 10.8. The van der Waals surface area contributed by atoms with Gasteiger partial charge in [0, 0.05) is 43.0 Å². The number of hydrogen-bond acceptors (Lipinski definition) is 8. The summed E-state index contributed by atoms with van der Waals surface area (Å²) in [4.78, 5) is 12.6. The number of amidine groups is 1. The van der Waals surface area contributed by atoms with Crippen LogP contribution in [-0.4, -0.2) is 36.9 Å². The van der Waals surface area contributed by atoms with Crippen LogP contribution in [0, 0.1) is 11.3 Å². The Morgan fingerprint density at radius 3 is 2.76 bits per heavy atom. The first-order chi connectivity index (χ1) is 16.4. The molecule has 0 spiro atoms. The Kier molecular flexibility index (Phi) is 8.17.